The maximum atomic E-state index is 12.5. The van der Waals surface area contributed by atoms with Gasteiger partial charge in [-0.05, 0) is 19.8 Å². The minimum Gasteiger partial charge on any atom is -0.481 e. The van der Waals surface area contributed by atoms with Crippen LogP contribution in [0.3, 0.4) is 0 Å². The van der Waals surface area contributed by atoms with E-state index in [1.165, 1.54) is 11.3 Å². The maximum Gasteiger partial charge on any atom is 0.308 e. The van der Waals surface area contributed by atoms with Crippen LogP contribution in [0.2, 0.25) is 0 Å². The fourth-order valence-electron chi connectivity index (χ4n) is 2.55. The number of piperidine rings is 1. The summed E-state index contributed by atoms with van der Waals surface area (Å²) in [7, 11) is 0. The van der Waals surface area contributed by atoms with E-state index in [-0.39, 0.29) is 11.9 Å². The molecule has 0 spiro atoms. The smallest absolute Gasteiger partial charge is 0.308 e. The lowest BCUT2D eigenvalue weighted by atomic mass is 9.90. The molecule has 2 atom stereocenters. The van der Waals surface area contributed by atoms with E-state index in [1.807, 2.05) is 20.8 Å². The van der Waals surface area contributed by atoms with Gasteiger partial charge in [0.05, 0.1) is 17.1 Å². The summed E-state index contributed by atoms with van der Waals surface area (Å²) in [6, 6.07) is -0.265. The first-order valence-corrected chi connectivity index (χ1v) is 7.73. The van der Waals surface area contributed by atoms with Gasteiger partial charge < -0.3 is 10.0 Å². The number of carbonyl (C=O) groups excluding carboxylic acids is 1. The number of aliphatic carboxylic acids is 1. The molecule has 1 fully saturated rings. The normalized spacial score (nSPS) is 23.1. The van der Waals surface area contributed by atoms with Gasteiger partial charge >= 0.3 is 5.97 Å². The minimum atomic E-state index is -0.817. The molecule has 0 aliphatic carbocycles. The predicted octanol–water partition coefficient (Wildman–Crippen LogP) is 2.59. The monoisotopic (exact) mass is 296 g/mol. The van der Waals surface area contributed by atoms with Crippen molar-refractivity contribution in [2.45, 2.75) is 45.6 Å². The summed E-state index contributed by atoms with van der Waals surface area (Å²) >= 11 is 1.40. The van der Waals surface area contributed by atoms with Crippen molar-refractivity contribution in [2.24, 2.45) is 5.92 Å². The molecule has 1 aromatic rings. The highest BCUT2D eigenvalue weighted by atomic mass is 32.1. The van der Waals surface area contributed by atoms with Crippen LogP contribution in [0.4, 0.5) is 0 Å². The first-order valence-electron chi connectivity index (χ1n) is 6.91. The Labute approximate surface area is 122 Å². The van der Waals surface area contributed by atoms with Crippen molar-refractivity contribution in [3.8, 4) is 0 Å². The van der Waals surface area contributed by atoms with E-state index in [0.29, 0.717) is 23.8 Å². The van der Waals surface area contributed by atoms with E-state index in [2.05, 4.69) is 4.98 Å². The molecule has 110 valence electrons. The van der Waals surface area contributed by atoms with Crippen LogP contribution in [0.5, 0.6) is 0 Å². The van der Waals surface area contributed by atoms with E-state index in [1.54, 1.807) is 11.1 Å². The number of aromatic nitrogens is 1. The van der Waals surface area contributed by atoms with Crippen LogP contribution in [0, 0.1) is 5.92 Å². The lowest BCUT2D eigenvalue weighted by molar-refractivity contribution is -0.144. The van der Waals surface area contributed by atoms with Crippen LogP contribution in [-0.2, 0) is 4.79 Å². The molecule has 0 radical (unpaired) electrons. The standard InChI is InChI=1S/C14H20N2O3S/c1-8(2)12-15-7-11(20-12)13(17)16-6-4-5-10(9(16)3)14(18)19/h7-10H,4-6H2,1-3H3,(H,18,19)/t9-,10-/m0/s1. The molecule has 2 rings (SSSR count). The number of thiazole rings is 1. The number of carboxylic acid groups (broad SMARTS) is 1. The molecule has 20 heavy (non-hydrogen) atoms. The van der Waals surface area contributed by atoms with Crippen LogP contribution in [0.15, 0.2) is 6.20 Å². The van der Waals surface area contributed by atoms with Crippen LogP contribution >= 0.6 is 11.3 Å². The minimum absolute atomic E-state index is 0.0900. The SMILES string of the molecule is CC(C)c1ncc(C(=O)N2CCC[C@H](C(=O)O)[C@@H]2C)s1. The fourth-order valence-corrected chi connectivity index (χ4v) is 3.43. The summed E-state index contributed by atoms with van der Waals surface area (Å²) in [4.78, 5) is 30.3. The summed E-state index contributed by atoms with van der Waals surface area (Å²) in [5.74, 6) is -1.08. The predicted molar refractivity (Wildman–Crippen MR) is 77.1 cm³/mol. The number of amides is 1. The van der Waals surface area contributed by atoms with Gasteiger partial charge in [-0.3, -0.25) is 9.59 Å². The quantitative estimate of drug-likeness (QED) is 0.930. The van der Waals surface area contributed by atoms with Gasteiger partial charge in [-0.15, -0.1) is 11.3 Å². The molecule has 1 N–H and O–H groups in total. The van der Waals surface area contributed by atoms with Gasteiger partial charge in [0.25, 0.3) is 5.91 Å². The van der Waals surface area contributed by atoms with E-state index in [9.17, 15) is 14.7 Å². The topological polar surface area (TPSA) is 70.5 Å². The fraction of sp³-hybridized carbons (Fsp3) is 0.643. The van der Waals surface area contributed by atoms with E-state index in [0.717, 1.165) is 11.4 Å². The second kappa shape index (κ2) is 5.91. The Kier molecular flexibility index (Phi) is 4.42. The molecular formula is C14H20N2O3S. The first kappa shape index (κ1) is 15.0. The second-order valence-corrected chi connectivity index (χ2v) is 6.61. The van der Waals surface area contributed by atoms with Crippen molar-refractivity contribution in [2.75, 3.05) is 6.54 Å². The Hall–Kier alpha value is -1.43. The molecular weight excluding hydrogens is 276 g/mol. The second-order valence-electron chi connectivity index (χ2n) is 5.54. The van der Waals surface area contributed by atoms with Crippen molar-refractivity contribution in [3.63, 3.8) is 0 Å². The van der Waals surface area contributed by atoms with Gasteiger partial charge in [0, 0.05) is 18.5 Å². The highest BCUT2D eigenvalue weighted by Crippen LogP contribution is 2.28. The van der Waals surface area contributed by atoms with Crippen LogP contribution in [0.25, 0.3) is 0 Å². The van der Waals surface area contributed by atoms with Crippen LogP contribution in [-0.4, -0.2) is 39.5 Å². The number of nitrogens with zero attached hydrogens (tertiary/aromatic N) is 2. The van der Waals surface area contributed by atoms with Gasteiger partial charge in [-0.25, -0.2) is 4.98 Å². The van der Waals surface area contributed by atoms with Crippen molar-refractivity contribution >= 4 is 23.2 Å². The lowest BCUT2D eigenvalue weighted by Crippen LogP contribution is -2.48. The average molecular weight is 296 g/mol. The summed E-state index contributed by atoms with van der Waals surface area (Å²) in [5, 5.41) is 10.1. The van der Waals surface area contributed by atoms with Gasteiger partial charge in [0.15, 0.2) is 0 Å². The summed E-state index contributed by atoms with van der Waals surface area (Å²) in [6.45, 7) is 6.52. The average Bonchev–Trinajstić information content (AvgIpc) is 2.87. The molecule has 1 aliphatic rings. The zero-order valence-electron chi connectivity index (χ0n) is 12.0. The lowest BCUT2D eigenvalue weighted by Gasteiger charge is -2.37. The third-order valence-corrected chi connectivity index (χ3v) is 5.08. The Morgan fingerprint density at radius 1 is 1.50 bits per heavy atom. The largest absolute Gasteiger partial charge is 0.481 e. The third-order valence-electron chi connectivity index (χ3n) is 3.79. The number of hydrogen-bond donors (Lipinski definition) is 1. The van der Waals surface area contributed by atoms with Crippen molar-refractivity contribution in [1.82, 2.24) is 9.88 Å². The zero-order chi connectivity index (χ0) is 14.9. The summed E-state index contributed by atoms with van der Waals surface area (Å²) in [6.07, 6.45) is 2.99. The number of carbonyl (C=O) groups is 2. The van der Waals surface area contributed by atoms with Crippen molar-refractivity contribution in [1.29, 1.82) is 0 Å². The molecule has 1 aromatic heterocycles. The molecule has 2 heterocycles. The van der Waals surface area contributed by atoms with E-state index in [4.69, 9.17) is 0 Å². The number of carboxylic acids is 1. The van der Waals surface area contributed by atoms with Crippen molar-refractivity contribution in [3.05, 3.63) is 16.1 Å². The molecule has 0 bridgehead atoms. The molecule has 1 amide bonds. The Morgan fingerprint density at radius 2 is 2.20 bits per heavy atom. The first-order chi connectivity index (χ1) is 9.41. The van der Waals surface area contributed by atoms with Crippen LogP contribution in [0.1, 0.15) is 54.2 Å². The molecule has 0 saturated carbocycles. The Morgan fingerprint density at radius 3 is 2.75 bits per heavy atom. The summed E-state index contributed by atoms with van der Waals surface area (Å²) < 4.78 is 0. The molecule has 1 aliphatic heterocycles. The van der Waals surface area contributed by atoms with Crippen LogP contribution < -0.4 is 0 Å². The van der Waals surface area contributed by atoms with Crippen molar-refractivity contribution < 1.29 is 14.7 Å². The number of rotatable bonds is 3. The molecule has 0 unspecified atom stereocenters. The van der Waals surface area contributed by atoms with Gasteiger partial charge in [0.2, 0.25) is 0 Å². The Bertz CT molecular complexity index is 512. The molecule has 6 heteroatoms. The highest BCUT2D eigenvalue weighted by molar-refractivity contribution is 7.13. The molecule has 1 saturated heterocycles. The summed E-state index contributed by atoms with van der Waals surface area (Å²) in [5.41, 5.74) is 0. The number of likely N-dealkylation sites (tertiary alicyclic amines) is 1. The van der Waals surface area contributed by atoms with Gasteiger partial charge in [-0.2, -0.15) is 0 Å². The van der Waals surface area contributed by atoms with E-state index < -0.39 is 11.9 Å². The number of hydrogen-bond acceptors (Lipinski definition) is 4. The molecule has 0 aromatic carbocycles. The molecule has 5 nitrogen and oxygen atoms in total. The highest BCUT2D eigenvalue weighted by Gasteiger charge is 2.36. The maximum absolute atomic E-state index is 12.5. The Balaban J connectivity index is 2.16. The van der Waals surface area contributed by atoms with Gasteiger partial charge in [-0.1, -0.05) is 13.8 Å². The zero-order valence-corrected chi connectivity index (χ0v) is 12.8. The third kappa shape index (κ3) is 2.85. The van der Waals surface area contributed by atoms with E-state index >= 15 is 0 Å². The van der Waals surface area contributed by atoms with Gasteiger partial charge in [0.1, 0.15) is 4.88 Å².